The molecule has 0 saturated carbocycles. The first-order chi connectivity index (χ1) is 15.6. The molecule has 0 fully saturated rings. The lowest BCUT2D eigenvalue weighted by Crippen LogP contribution is -2.55. The summed E-state index contributed by atoms with van der Waals surface area (Å²) in [6, 6.07) is 0. The van der Waals surface area contributed by atoms with Crippen LogP contribution < -0.4 is 5.32 Å². The van der Waals surface area contributed by atoms with Crippen molar-refractivity contribution in [3.8, 4) is 0 Å². The topological polar surface area (TPSA) is 55.4 Å². The van der Waals surface area contributed by atoms with E-state index in [1.54, 1.807) is 0 Å². The lowest BCUT2D eigenvalue weighted by Gasteiger charge is -2.33. The summed E-state index contributed by atoms with van der Waals surface area (Å²) in [5.74, 6) is -0.155. The van der Waals surface area contributed by atoms with Crippen molar-refractivity contribution in [1.29, 1.82) is 0 Å². The molecule has 0 rings (SSSR count). The van der Waals surface area contributed by atoms with Crippen LogP contribution in [0.4, 0.5) is 0 Å². The average Bonchev–Trinajstić information content (AvgIpc) is 2.78. The number of carbonyl (C=O) groups is 2. The molecule has 0 aromatic carbocycles. The highest BCUT2D eigenvalue weighted by atomic mass is 16.6. The van der Waals surface area contributed by atoms with Gasteiger partial charge in [-0.1, -0.05) is 118 Å². The van der Waals surface area contributed by atoms with Crippen LogP contribution in [-0.4, -0.2) is 24.0 Å². The number of ether oxygens (including phenoxy) is 1. The molecule has 0 bridgehead atoms. The van der Waals surface area contributed by atoms with Crippen LogP contribution in [0, 0.1) is 0 Å². The highest BCUT2D eigenvalue weighted by molar-refractivity contribution is 5.89. The maximum absolute atomic E-state index is 13.3. The van der Waals surface area contributed by atoms with Gasteiger partial charge in [0.2, 0.25) is 5.72 Å². The largest absolute Gasteiger partial charge is 0.436 e. The zero-order chi connectivity index (χ0) is 23.9. The van der Waals surface area contributed by atoms with E-state index in [9.17, 15) is 9.59 Å². The Morgan fingerprint density at radius 3 is 1.53 bits per heavy atom. The van der Waals surface area contributed by atoms with E-state index in [0.29, 0.717) is 25.8 Å². The van der Waals surface area contributed by atoms with Crippen molar-refractivity contribution >= 4 is 11.8 Å². The summed E-state index contributed by atoms with van der Waals surface area (Å²) in [5.41, 5.74) is -1.12. The fraction of sp³-hybridized carbons (Fsp3) is 0.929. The summed E-state index contributed by atoms with van der Waals surface area (Å²) in [7, 11) is 0. The fourth-order valence-electron chi connectivity index (χ4n) is 4.30. The van der Waals surface area contributed by atoms with Gasteiger partial charge in [0.1, 0.15) is 0 Å². The van der Waals surface area contributed by atoms with Crippen molar-refractivity contribution in [2.75, 3.05) is 6.54 Å². The van der Waals surface area contributed by atoms with Crippen molar-refractivity contribution in [1.82, 2.24) is 5.32 Å². The van der Waals surface area contributed by atoms with Crippen LogP contribution in [0.5, 0.6) is 0 Å². The van der Waals surface area contributed by atoms with Crippen molar-refractivity contribution in [3.05, 3.63) is 0 Å². The van der Waals surface area contributed by atoms with E-state index in [2.05, 4.69) is 26.1 Å². The first-order valence-corrected chi connectivity index (χ1v) is 14.1. The molecule has 0 spiro atoms. The third kappa shape index (κ3) is 15.8. The molecule has 0 aliphatic carbocycles. The van der Waals surface area contributed by atoms with Gasteiger partial charge in [0, 0.05) is 19.3 Å². The second kappa shape index (κ2) is 21.9. The zero-order valence-electron chi connectivity index (χ0n) is 22.1. The number of ketones is 1. The van der Waals surface area contributed by atoms with Gasteiger partial charge in [0.15, 0.2) is 5.78 Å². The van der Waals surface area contributed by atoms with Crippen LogP contribution in [0.1, 0.15) is 156 Å². The summed E-state index contributed by atoms with van der Waals surface area (Å²) in [5, 5.41) is 3.28. The van der Waals surface area contributed by atoms with Crippen LogP contribution in [0.2, 0.25) is 0 Å². The molecule has 0 saturated heterocycles. The number of hydrogen-bond acceptors (Lipinski definition) is 4. The van der Waals surface area contributed by atoms with Gasteiger partial charge in [0.05, 0.1) is 0 Å². The number of likely N-dealkylation sites (N-methyl/N-ethyl adjacent to an activating group) is 1. The molecule has 0 aromatic rings. The van der Waals surface area contributed by atoms with E-state index in [0.717, 1.165) is 51.4 Å². The Labute approximate surface area is 200 Å². The summed E-state index contributed by atoms with van der Waals surface area (Å²) < 4.78 is 5.93. The van der Waals surface area contributed by atoms with Crippen LogP contribution in [0.25, 0.3) is 0 Å². The predicted molar refractivity (Wildman–Crippen MR) is 137 cm³/mol. The Morgan fingerprint density at radius 1 is 0.594 bits per heavy atom. The Hall–Kier alpha value is -0.900. The van der Waals surface area contributed by atoms with Crippen LogP contribution in [-0.2, 0) is 14.3 Å². The summed E-state index contributed by atoms with van der Waals surface area (Å²) >= 11 is 0. The molecule has 0 heterocycles. The molecule has 0 radical (unpaired) electrons. The van der Waals surface area contributed by atoms with E-state index in [-0.39, 0.29) is 11.8 Å². The zero-order valence-corrected chi connectivity index (χ0v) is 22.1. The van der Waals surface area contributed by atoms with E-state index < -0.39 is 5.72 Å². The van der Waals surface area contributed by atoms with Gasteiger partial charge >= 0.3 is 5.97 Å². The van der Waals surface area contributed by atoms with Gasteiger partial charge in [-0.3, -0.25) is 14.9 Å². The van der Waals surface area contributed by atoms with Gasteiger partial charge in [-0.05, 0) is 25.8 Å². The molecule has 0 aromatic heterocycles. The molecule has 1 atom stereocenters. The highest BCUT2D eigenvalue weighted by Gasteiger charge is 2.40. The average molecular weight is 454 g/mol. The molecule has 1 N–H and O–H groups in total. The fourth-order valence-corrected chi connectivity index (χ4v) is 4.30. The number of nitrogens with one attached hydrogen (secondary N) is 1. The van der Waals surface area contributed by atoms with Gasteiger partial charge in [-0.25, -0.2) is 0 Å². The number of unbranched alkanes of at least 4 members (excludes halogenated alkanes) is 14. The molecular weight excluding hydrogens is 398 g/mol. The minimum atomic E-state index is -1.12. The van der Waals surface area contributed by atoms with E-state index in [1.165, 1.54) is 57.8 Å². The molecule has 0 amide bonds. The SMILES string of the molecule is CCCCCCCCCCCC(=O)C(CCCCC)(NCC)OC(=O)CCCCCCC. The standard InChI is InChI=1S/C28H55NO3/c1-5-9-12-14-15-16-17-19-20-23-26(30)28(29-8-4,25-22-11-7-3)32-27(31)24-21-18-13-10-6-2/h29H,5-25H2,1-4H3. The maximum atomic E-state index is 13.3. The lowest BCUT2D eigenvalue weighted by atomic mass is 9.95. The van der Waals surface area contributed by atoms with Crippen molar-refractivity contribution in [2.45, 2.75) is 162 Å². The normalized spacial score (nSPS) is 13.1. The first-order valence-electron chi connectivity index (χ1n) is 14.1. The Bertz CT molecular complexity index is 452. The van der Waals surface area contributed by atoms with Crippen molar-refractivity contribution in [2.24, 2.45) is 0 Å². The molecule has 4 nitrogen and oxygen atoms in total. The predicted octanol–water partition coefficient (Wildman–Crippen LogP) is 8.27. The Kier molecular flexibility index (Phi) is 21.3. The highest BCUT2D eigenvalue weighted by Crippen LogP contribution is 2.23. The molecule has 1 unspecified atom stereocenters. The van der Waals surface area contributed by atoms with Crippen molar-refractivity contribution < 1.29 is 14.3 Å². The van der Waals surface area contributed by atoms with Crippen LogP contribution in [0.15, 0.2) is 0 Å². The third-order valence-electron chi connectivity index (χ3n) is 6.33. The Balaban J connectivity index is 4.62. The molecule has 0 aliphatic rings. The van der Waals surface area contributed by atoms with Gasteiger partial charge in [-0.2, -0.15) is 0 Å². The smallest absolute Gasteiger partial charge is 0.307 e. The van der Waals surface area contributed by atoms with Gasteiger partial charge in [0.25, 0.3) is 0 Å². The summed E-state index contributed by atoms with van der Waals surface area (Å²) in [6.45, 7) is 9.20. The number of hydrogen-bond donors (Lipinski definition) is 1. The maximum Gasteiger partial charge on any atom is 0.307 e. The minimum absolute atomic E-state index is 0.0673. The molecule has 32 heavy (non-hydrogen) atoms. The quantitative estimate of drug-likeness (QED) is 0.0907. The Morgan fingerprint density at radius 2 is 1.03 bits per heavy atom. The van der Waals surface area contributed by atoms with Gasteiger partial charge < -0.3 is 4.74 Å². The monoisotopic (exact) mass is 453 g/mol. The second-order valence-corrected chi connectivity index (χ2v) is 9.45. The molecule has 4 heteroatoms. The first kappa shape index (κ1) is 31.1. The van der Waals surface area contributed by atoms with E-state index in [4.69, 9.17) is 4.74 Å². The summed E-state index contributed by atoms with van der Waals surface area (Å²) in [4.78, 5) is 25.9. The molecular formula is C28H55NO3. The van der Waals surface area contributed by atoms with Crippen molar-refractivity contribution in [3.63, 3.8) is 0 Å². The van der Waals surface area contributed by atoms with E-state index in [1.807, 2.05) is 6.92 Å². The van der Waals surface area contributed by atoms with E-state index >= 15 is 0 Å². The third-order valence-corrected chi connectivity index (χ3v) is 6.33. The number of esters is 1. The lowest BCUT2D eigenvalue weighted by molar-refractivity contribution is -0.173. The summed E-state index contributed by atoms with van der Waals surface area (Å²) in [6.07, 6.45) is 21.1. The second-order valence-electron chi connectivity index (χ2n) is 9.45. The number of rotatable bonds is 24. The molecule has 190 valence electrons. The number of Topliss-reactive ketones (excluding diaryl/α,β-unsaturated/α-hetero) is 1. The minimum Gasteiger partial charge on any atom is -0.436 e. The molecule has 0 aliphatic heterocycles. The van der Waals surface area contributed by atoms with Crippen LogP contribution >= 0.6 is 0 Å². The van der Waals surface area contributed by atoms with Crippen LogP contribution in [0.3, 0.4) is 0 Å². The van der Waals surface area contributed by atoms with Gasteiger partial charge in [-0.15, -0.1) is 0 Å². The number of carbonyl (C=O) groups excluding carboxylic acids is 2.